The molecule has 0 radical (unpaired) electrons. The van der Waals surface area contributed by atoms with E-state index >= 15 is 0 Å². The normalized spacial score (nSPS) is 26.9. The molecule has 0 aromatic heterocycles. The van der Waals surface area contributed by atoms with E-state index in [4.69, 9.17) is 4.74 Å². The molecule has 0 aliphatic heterocycles. The maximum atomic E-state index is 11.8. The lowest BCUT2D eigenvalue weighted by Crippen LogP contribution is -2.45. The van der Waals surface area contributed by atoms with Crippen molar-refractivity contribution in [3.05, 3.63) is 29.8 Å². The van der Waals surface area contributed by atoms with Crippen molar-refractivity contribution in [3.63, 3.8) is 0 Å². The van der Waals surface area contributed by atoms with Crippen LogP contribution in [-0.2, 0) is 10.4 Å². The van der Waals surface area contributed by atoms with Gasteiger partial charge in [-0.3, -0.25) is 4.79 Å². The number of rotatable bonds is 4. The predicted molar refractivity (Wildman–Crippen MR) is 77.8 cm³/mol. The lowest BCUT2D eigenvalue weighted by molar-refractivity contribution is -0.135. The highest BCUT2D eigenvalue weighted by atomic mass is 16.5. The molecule has 20 heavy (non-hydrogen) atoms. The number of hydrogen-bond donors (Lipinski definition) is 1. The van der Waals surface area contributed by atoms with Gasteiger partial charge in [-0.2, -0.15) is 0 Å². The van der Waals surface area contributed by atoms with Gasteiger partial charge in [0.05, 0.1) is 7.11 Å². The summed E-state index contributed by atoms with van der Waals surface area (Å²) < 4.78 is 5.23. The third-order valence-electron chi connectivity index (χ3n) is 4.07. The monoisotopic (exact) mass is 277 g/mol. The van der Waals surface area contributed by atoms with Gasteiger partial charge in [0.2, 0.25) is 0 Å². The fraction of sp³-hybridized carbons (Fsp3) is 0.562. The van der Waals surface area contributed by atoms with Crippen LogP contribution in [0.3, 0.4) is 0 Å². The number of nitrogens with zero attached hydrogens (tertiary/aromatic N) is 1. The first kappa shape index (κ1) is 15.0. The van der Waals surface area contributed by atoms with Gasteiger partial charge in [0.1, 0.15) is 17.1 Å². The van der Waals surface area contributed by atoms with Gasteiger partial charge >= 0.3 is 0 Å². The number of hydrogen-bond acceptors (Lipinski definition) is 4. The maximum absolute atomic E-state index is 11.8. The summed E-state index contributed by atoms with van der Waals surface area (Å²) >= 11 is 0. The Balaban J connectivity index is 2.36. The van der Waals surface area contributed by atoms with Crippen LogP contribution in [0.4, 0.5) is 0 Å². The van der Waals surface area contributed by atoms with E-state index in [1.807, 2.05) is 38.4 Å². The van der Waals surface area contributed by atoms with Crippen LogP contribution in [0.25, 0.3) is 0 Å². The molecular formula is C16H23NO3. The van der Waals surface area contributed by atoms with Crippen LogP contribution in [0, 0.1) is 5.92 Å². The molecule has 0 amide bonds. The Bertz CT molecular complexity index is 486. The van der Waals surface area contributed by atoms with Crippen molar-refractivity contribution < 1.29 is 14.6 Å². The van der Waals surface area contributed by atoms with Crippen LogP contribution in [0.1, 0.15) is 24.8 Å². The Hall–Kier alpha value is -1.39. The van der Waals surface area contributed by atoms with Crippen molar-refractivity contribution in [2.75, 3.05) is 27.7 Å². The molecular weight excluding hydrogens is 254 g/mol. The van der Waals surface area contributed by atoms with Crippen molar-refractivity contribution >= 4 is 5.78 Å². The second kappa shape index (κ2) is 5.94. The molecule has 110 valence electrons. The van der Waals surface area contributed by atoms with Crippen LogP contribution in [-0.4, -0.2) is 43.5 Å². The van der Waals surface area contributed by atoms with E-state index in [1.165, 1.54) is 0 Å². The summed E-state index contributed by atoms with van der Waals surface area (Å²) in [5.74, 6) is 0.894. The number of ether oxygens (including phenoxy) is 1. The highest BCUT2D eigenvalue weighted by Crippen LogP contribution is 2.41. The molecule has 4 nitrogen and oxygen atoms in total. The highest BCUT2D eigenvalue weighted by Gasteiger charge is 2.43. The fourth-order valence-corrected chi connectivity index (χ4v) is 3.02. The largest absolute Gasteiger partial charge is 0.497 e. The van der Waals surface area contributed by atoms with Crippen molar-refractivity contribution in [1.29, 1.82) is 0 Å². The van der Waals surface area contributed by atoms with E-state index in [9.17, 15) is 9.90 Å². The van der Waals surface area contributed by atoms with E-state index < -0.39 is 5.60 Å². The van der Waals surface area contributed by atoms with Gasteiger partial charge in [0.25, 0.3) is 0 Å². The average Bonchev–Trinajstić information content (AvgIpc) is 2.42. The Kier molecular flexibility index (Phi) is 4.45. The van der Waals surface area contributed by atoms with Gasteiger partial charge in [-0.25, -0.2) is 0 Å². The first-order chi connectivity index (χ1) is 9.45. The third kappa shape index (κ3) is 3.02. The number of aliphatic hydroxyl groups is 1. The quantitative estimate of drug-likeness (QED) is 0.912. The molecule has 1 aliphatic carbocycles. The van der Waals surface area contributed by atoms with E-state index in [0.29, 0.717) is 12.2 Å². The molecule has 2 atom stereocenters. The summed E-state index contributed by atoms with van der Waals surface area (Å²) in [5, 5.41) is 11.1. The molecule has 1 aromatic carbocycles. The van der Waals surface area contributed by atoms with E-state index in [1.54, 1.807) is 7.11 Å². The van der Waals surface area contributed by atoms with Crippen molar-refractivity contribution in [3.8, 4) is 5.75 Å². The topological polar surface area (TPSA) is 49.8 Å². The smallest absolute Gasteiger partial charge is 0.136 e. The Morgan fingerprint density at radius 2 is 2.20 bits per heavy atom. The number of ketones is 1. The SMILES string of the molecule is COc1cccc([C@@]2(O)CC(=O)CC[C@@H]2CN(C)C)c1. The van der Waals surface area contributed by atoms with Crippen LogP contribution in [0.2, 0.25) is 0 Å². The van der Waals surface area contributed by atoms with Gasteiger partial charge < -0.3 is 14.7 Å². The number of carbonyl (C=O) groups excluding carboxylic acids is 1. The Labute approximate surface area is 120 Å². The first-order valence-electron chi connectivity index (χ1n) is 6.99. The minimum absolute atomic E-state index is 0.0577. The summed E-state index contributed by atoms with van der Waals surface area (Å²) in [6.45, 7) is 0.765. The Morgan fingerprint density at radius 3 is 2.85 bits per heavy atom. The van der Waals surface area contributed by atoms with Gasteiger partial charge in [-0.15, -0.1) is 0 Å². The van der Waals surface area contributed by atoms with Gasteiger partial charge in [0.15, 0.2) is 0 Å². The predicted octanol–water partition coefficient (Wildman–Crippen LogP) is 1.81. The van der Waals surface area contributed by atoms with Gasteiger partial charge in [-0.05, 0) is 38.2 Å². The van der Waals surface area contributed by atoms with Crippen LogP contribution < -0.4 is 4.74 Å². The molecule has 1 aliphatic rings. The zero-order chi connectivity index (χ0) is 14.8. The van der Waals surface area contributed by atoms with Crippen LogP contribution in [0.15, 0.2) is 24.3 Å². The molecule has 1 aromatic rings. The fourth-order valence-electron chi connectivity index (χ4n) is 3.02. The molecule has 0 saturated heterocycles. The molecule has 4 heteroatoms. The molecule has 1 N–H and O–H groups in total. The van der Waals surface area contributed by atoms with Crippen molar-refractivity contribution in [2.45, 2.75) is 24.9 Å². The van der Waals surface area contributed by atoms with Crippen molar-refractivity contribution in [1.82, 2.24) is 4.90 Å². The molecule has 1 saturated carbocycles. The summed E-state index contributed by atoms with van der Waals surface area (Å²) in [4.78, 5) is 13.9. The minimum atomic E-state index is -1.09. The minimum Gasteiger partial charge on any atom is -0.497 e. The number of carbonyl (C=O) groups is 1. The lowest BCUT2D eigenvalue weighted by Gasteiger charge is -2.41. The number of Topliss-reactive ketones (excluding diaryl/α,β-unsaturated/α-hetero) is 1. The van der Waals surface area contributed by atoms with E-state index in [2.05, 4.69) is 4.90 Å². The molecule has 0 bridgehead atoms. The number of benzene rings is 1. The second-order valence-corrected chi connectivity index (χ2v) is 5.87. The van der Waals surface area contributed by atoms with Crippen LogP contribution >= 0.6 is 0 Å². The summed E-state index contributed by atoms with van der Waals surface area (Å²) in [7, 11) is 5.58. The zero-order valence-corrected chi connectivity index (χ0v) is 12.4. The van der Waals surface area contributed by atoms with E-state index in [-0.39, 0.29) is 18.1 Å². The number of methoxy groups -OCH3 is 1. The molecule has 1 fully saturated rings. The van der Waals surface area contributed by atoms with Crippen LogP contribution in [0.5, 0.6) is 5.75 Å². The third-order valence-corrected chi connectivity index (χ3v) is 4.07. The highest BCUT2D eigenvalue weighted by molar-refractivity contribution is 5.80. The standard InChI is InChI=1S/C16H23NO3/c1-17(2)11-13-7-8-14(18)10-16(13,19)12-5-4-6-15(9-12)20-3/h4-6,9,13,19H,7-8,10-11H2,1-3H3/t13-,16+/m1/s1. The molecule has 0 spiro atoms. The second-order valence-electron chi connectivity index (χ2n) is 5.87. The average molecular weight is 277 g/mol. The van der Waals surface area contributed by atoms with Gasteiger partial charge in [-0.1, -0.05) is 12.1 Å². The summed E-state index contributed by atoms with van der Waals surface area (Å²) in [5.41, 5.74) is -0.314. The summed E-state index contributed by atoms with van der Waals surface area (Å²) in [6, 6.07) is 7.42. The Morgan fingerprint density at radius 1 is 1.45 bits per heavy atom. The molecule has 0 unspecified atom stereocenters. The van der Waals surface area contributed by atoms with Crippen molar-refractivity contribution in [2.24, 2.45) is 5.92 Å². The zero-order valence-electron chi connectivity index (χ0n) is 12.4. The molecule has 0 heterocycles. The molecule has 2 rings (SSSR count). The van der Waals surface area contributed by atoms with Gasteiger partial charge in [0, 0.05) is 25.3 Å². The lowest BCUT2D eigenvalue weighted by atomic mass is 9.71. The maximum Gasteiger partial charge on any atom is 0.136 e. The first-order valence-corrected chi connectivity index (χ1v) is 6.99. The summed E-state index contributed by atoms with van der Waals surface area (Å²) in [6.07, 6.45) is 1.48. The van der Waals surface area contributed by atoms with E-state index in [0.717, 1.165) is 18.5 Å².